The van der Waals surface area contributed by atoms with Crippen LogP contribution in [0.15, 0.2) is 12.1 Å². The van der Waals surface area contributed by atoms with Gasteiger partial charge in [0.05, 0.1) is 6.61 Å². The molecule has 1 aromatic rings. The third-order valence-corrected chi connectivity index (χ3v) is 4.78. The lowest BCUT2D eigenvalue weighted by molar-refractivity contribution is 0.210. The minimum absolute atomic E-state index is 0.134. The summed E-state index contributed by atoms with van der Waals surface area (Å²) in [7, 11) is 0. The first-order valence-corrected chi connectivity index (χ1v) is 7.39. The molecule has 1 aromatic carbocycles. The molecular formula is C14H17Cl2NO. The van der Waals surface area contributed by atoms with Crippen LogP contribution in [-0.2, 0) is 13.0 Å². The van der Waals surface area contributed by atoms with Crippen LogP contribution in [0.5, 0.6) is 5.75 Å². The van der Waals surface area contributed by atoms with Gasteiger partial charge in [-0.25, -0.2) is 0 Å². The predicted molar refractivity (Wildman–Crippen MR) is 74.8 cm³/mol. The van der Waals surface area contributed by atoms with Gasteiger partial charge in [-0.2, -0.15) is 0 Å². The van der Waals surface area contributed by atoms with Gasteiger partial charge in [0.1, 0.15) is 5.75 Å². The van der Waals surface area contributed by atoms with Gasteiger partial charge in [0, 0.05) is 35.0 Å². The number of ether oxygens (including phenoxy) is 1. The average molecular weight is 286 g/mol. The Bertz CT molecular complexity index is 452. The SMILES string of the molecule is ClCC1(NCc2cc(Cl)cc3c2OCC3)CCC1. The maximum Gasteiger partial charge on any atom is 0.127 e. The Kier molecular flexibility index (Phi) is 3.44. The number of hydrogen-bond donors (Lipinski definition) is 1. The second-order valence-electron chi connectivity index (χ2n) is 5.27. The van der Waals surface area contributed by atoms with E-state index in [0.717, 1.165) is 35.9 Å². The number of hydrogen-bond acceptors (Lipinski definition) is 2. The molecule has 1 saturated carbocycles. The number of alkyl halides is 1. The number of rotatable bonds is 4. The normalized spacial score (nSPS) is 20.1. The molecule has 0 amide bonds. The largest absolute Gasteiger partial charge is 0.493 e. The van der Waals surface area contributed by atoms with Gasteiger partial charge >= 0.3 is 0 Å². The molecular weight excluding hydrogens is 269 g/mol. The maximum absolute atomic E-state index is 6.15. The van der Waals surface area contributed by atoms with Crippen LogP contribution in [0.4, 0.5) is 0 Å². The number of nitrogens with one attached hydrogen (secondary N) is 1. The van der Waals surface area contributed by atoms with Gasteiger partial charge in [0.25, 0.3) is 0 Å². The van der Waals surface area contributed by atoms with Crippen LogP contribution < -0.4 is 10.1 Å². The van der Waals surface area contributed by atoms with Crippen molar-refractivity contribution in [3.63, 3.8) is 0 Å². The number of halogens is 2. The van der Waals surface area contributed by atoms with Crippen LogP contribution in [0, 0.1) is 0 Å². The Balaban J connectivity index is 1.76. The molecule has 3 rings (SSSR count). The number of fused-ring (bicyclic) bond motifs is 1. The van der Waals surface area contributed by atoms with Gasteiger partial charge in [-0.15, -0.1) is 11.6 Å². The van der Waals surface area contributed by atoms with Crippen LogP contribution in [-0.4, -0.2) is 18.0 Å². The molecule has 0 bridgehead atoms. The van der Waals surface area contributed by atoms with Crippen LogP contribution in [0.3, 0.4) is 0 Å². The van der Waals surface area contributed by atoms with E-state index in [1.807, 2.05) is 12.1 Å². The van der Waals surface area contributed by atoms with Crippen molar-refractivity contribution in [1.29, 1.82) is 0 Å². The molecule has 0 atom stereocenters. The lowest BCUT2D eigenvalue weighted by Gasteiger charge is -2.41. The fraction of sp³-hybridized carbons (Fsp3) is 0.571. The van der Waals surface area contributed by atoms with E-state index in [2.05, 4.69) is 5.32 Å². The Hall–Kier alpha value is -0.440. The van der Waals surface area contributed by atoms with Gasteiger partial charge in [-0.05, 0) is 37.0 Å². The Labute approximate surface area is 118 Å². The molecule has 0 saturated heterocycles. The summed E-state index contributed by atoms with van der Waals surface area (Å²) in [5, 5.41) is 4.38. The molecule has 1 fully saturated rings. The Morgan fingerprint density at radius 1 is 1.33 bits per heavy atom. The average Bonchev–Trinajstić information content (AvgIpc) is 2.75. The monoisotopic (exact) mass is 285 g/mol. The smallest absolute Gasteiger partial charge is 0.127 e. The molecule has 1 aliphatic carbocycles. The van der Waals surface area contributed by atoms with Crippen LogP contribution in [0.25, 0.3) is 0 Å². The van der Waals surface area contributed by atoms with Crippen molar-refractivity contribution < 1.29 is 4.74 Å². The molecule has 2 nitrogen and oxygen atoms in total. The molecule has 98 valence electrons. The van der Waals surface area contributed by atoms with E-state index in [0.29, 0.717) is 5.88 Å². The first kappa shape index (κ1) is 12.6. The summed E-state index contributed by atoms with van der Waals surface area (Å²) >= 11 is 12.2. The maximum atomic E-state index is 6.15. The zero-order valence-electron chi connectivity index (χ0n) is 10.3. The van der Waals surface area contributed by atoms with Crippen molar-refractivity contribution in [3.05, 3.63) is 28.3 Å². The van der Waals surface area contributed by atoms with Gasteiger partial charge in [-0.1, -0.05) is 11.6 Å². The highest BCUT2D eigenvalue weighted by molar-refractivity contribution is 6.30. The fourth-order valence-corrected chi connectivity index (χ4v) is 3.35. The second kappa shape index (κ2) is 4.92. The highest BCUT2D eigenvalue weighted by atomic mass is 35.5. The zero-order valence-corrected chi connectivity index (χ0v) is 11.8. The lowest BCUT2D eigenvalue weighted by Crippen LogP contribution is -2.52. The lowest BCUT2D eigenvalue weighted by atomic mass is 9.78. The summed E-state index contributed by atoms with van der Waals surface area (Å²) < 4.78 is 5.70. The molecule has 0 aromatic heterocycles. The highest BCUT2D eigenvalue weighted by Gasteiger charge is 2.35. The topological polar surface area (TPSA) is 21.3 Å². The summed E-state index contributed by atoms with van der Waals surface area (Å²) in [6.07, 6.45) is 4.56. The van der Waals surface area contributed by atoms with Gasteiger partial charge in [0.15, 0.2) is 0 Å². The second-order valence-corrected chi connectivity index (χ2v) is 5.98. The Morgan fingerprint density at radius 2 is 2.17 bits per heavy atom. The first-order valence-electron chi connectivity index (χ1n) is 6.48. The van der Waals surface area contributed by atoms with Crippen molar-refractivity contribution >= 4 is 23.2 Å². The van der Waals surface area contributed by atoms with Crippen molar-refractivity contribution in [2.75, 3.05) is 12.5 Å². The highest BCUT2D eigenvalue weighted by Crippen LogP contribution is 2.36. The molecule has 0 spiro atoms. The van der Waals surface area contributed by atoms with Crippen LogP contribution in [0.2, 0.25) is 5.02 Å². The quantitative estimate of drug-likeness (QED) is 0.855. The van der Waals surface area contributed by atoms with Crippen molar-refractivity contribution in [1.82, 2.24) is 5.32 Å². The summed E-state index contributed by atoms with van der Waals surface area (Å²) in [6.45, 7) is 1.55. The Morgan fingerprint density at radius 3 is 2.83 bits per heavy atom. The van der Waals surface area contributed by atoms with Crippen molar-refractivity contribution in [2.45, 2.75) is 37.8 Å². The van der Waals surface area contributed by atoms with E-state index >= 15 is 0 Å². The van der Waals surface area contributed by atoms with Crippen LogP contribution >= 0.6 is 23.2 Å². The predicted octanol–water partition coefficient (Wildman–Crippen LogP) is 3.53. The van der Waals surface area contributed by atoms with E-state index in [-0.39, 0.29) is 5.54 Å². The summed E-state index contributed by atoms with van der Waals surface area (Å²) in [5.74, 6) is 1.70. The minimum atomic E-state index is 0.134. The van der Waals surface area contributed by atoms with Gasteiger partial charge in [-0.3, -0.25) is 0 Å². The molecule has 2 aliphatic rings. The summed E-state index contributed by atoms with van der Waals surface area (Å²) in [5.41, 5.74) is 2.52. The molecule has 0 unspecified atom stereocenters. The van der Waals surface area contributed by atoms with Crippen LogP contribution in [0.1, 0.15) is 30.4 Å². The number of benzene rings is 1. The molecule has 18 heavy (non-hydrogen) atoms. The van der Waals surface area contributed by atoms with Gasteiger partial charge < -0.3 is 10.1 Å². The molecule has 1 heterocycles. The van der Waals surface area contributed by atoms with E-state index in [9.17, 15) is 0 Å². The molecule has 1 N–H and O–H groups in total. The van der Waals surface area contributed by atoms with E-state index < -0.39 is 0 Å². The van der Waals surface area contributed by atoms with E-state index in [1.165, 1.54) is 24.8 Å². The standard InChI is InChI=1S/C14H17Cl2NO/c15-9-14(3-1-4-14)17-8-11-7-12(16)6-10-2-5-18-13(10)11/h6-7,17H,1-5,8-9H2. The molecule has 4 heteroatoms. The first-order chi connectivity index (χ1) is 8.72. The van der Waals surface area contributed by atoms with E-state index in [1.54, 1.807) is 0 Å². The summed E-state index contributed by atoms with van der Waals surface area (Å²) in [4.78, 5) is 0. The minimum Gasteiger partial charge on any atom is -0.493 e. The van der Waals surface area contributed by atoms with Crippen molar-refractivity contribution in [3.8, 4) is 5.75 Å². The molecule has 0 radical (unpaired) electrons. The third-order valence-electron chi connectivity index (χ3n) is 4.05. The molecule has 1 aliphatic heterocycles. The summed E-state index contributed by atoms with van der Waals surface area (Å²) in [6, 6.07) is 4.01. The van der Waals surface area contributed by atoms with Gasteiger partial charge in [0.2, 0.25) is 0 Å². The zero-order chi connectivity index (χ0) is 12.6. The van der Waals surface area contributed by atoms with Crippen molar-refractivity contribution in [2.24, 2.45) is 0 Å². The third kappa shape index (κ3) is 2.22. The fourth-order valence-electron chi connectivity index (χ4n) is 2.72. The van der Waals surface area contributed by atoms with E-state index in [4.69, 9.17) is 27.9 Å².